The van der Waals surface area contributed by atoms with Crippen molar-refractivity contribution in [2.75, 3.05) is 6.54 Å². The van der Waals surface area contributed by atoms with Gasteiger partial charge in [0.25, 0.3) is 0 Å². The van der Waals surface area contributed by atoms with Crippen LogP contribution in [-0.4, -0.2) is 11.5 Å². The summed E-state index contributed by atoms with van der Waals surface area (Å²) in [5.41, 5.74) is 2.19. The fraction of sp³-hybridized carbons (Fsp3) is 0.542. The maximum absolute atomic E-state index is 13.3. The number of nitrogens with one attached hydrogen (secondary N) is 1. The average Bonchev–Trinajstić information content (AvgIpc) is 3.29. The van der Waals surface area contributed by atoms with Crippen molar-refractivity contribution in [1.82, 2.24) is 10.3 Å². The number of nitrogens with two attached hydrogens (primary N) is 1. The number of pyridine rings is 1. The van der Waals surface area contributed by atoms with Gasteiger partial charge in [-0.15, -0.1) is 0 Å². The molecule has 3 rings (SSSR count). The first-order chi connectivity index (χ1) is 16.7. The SMILES string of the molecule is NCC(CC1CCCC1)c1ncc(C(F)(F)F)cc1CNCc1cc(C(F)(F)F)cc(C(F)(F)F)c1. The van der Waals surface area contributed by atoms with E-state index in [1.807, 2.05) is 0 Å². The predicted octanol–water partition coefficient (Wildman–Crippen LogP) is 7.05. The maximum Gasteiger partial charge on any atom is 0.417 e. The molecule has 0 radical (unpaired) electrons. The van der Waals surface area contributed by atoms with Crippen LogP contribution >= 0.6 is 0 Å². The first-order valence-corrected chi connectivity index (χ1v) is 11.4. The standard InChI is InChI=1S/C24H26F9N3/c25-22(26,27)18-6-15(7-19(9-18)23(28,29)30)11-35-12-17-8-20(24(31,32)33)13-36-21(17)16(10-34)5-14-3-1-2-4-14/h6-9,13-14,16,35H,1-5,10-12,34H2. The molecule has 1 saturated carbocycles. The molecule has 1 heterocycles. The van der Waals surface area contributed by atoms with E-state index in [4.69, 9.17) is 5.73 Å². The lowest BCUT2D eigenvalue weighted by Gasteiger charge is -2.22. The largest absolute Gasteiger partial charge is 0.417 e. The van der Waals surface area contributed by atoms with Gasteiger partial charge in [0.05, 0.1) is 16.7 Å². The number of hydrogen-bond donors (Lipinski definition) is 2. The van der Waals surface area contributed by atoms with Gasteiger partial charge in [-0.25, -0.2) is 0 Å². The molecule has 3 N–H and O–H groups in total. The maximum atomic E-state index is 13.3. The van der Waals surface area contributed by atoms with Crippen molar-refractivity contribution in [1.29, 1.82) is 0 Å². The van der Waals surface area contributed by atoms with Gasteiger partial charge in [0.15, 0.2) is 0 Å². The van der Waals surface area contributed by atoms with E-state index in [1.54, 1.807) is 0 Å². The third-order valence-corrected chi connectivity index (χ3v) is 6.38. The van der Waals surface area contributed by atoms with Gasteiger partial charge in [0.1, 0.15) is 0 Å². The molecule has 1 fully saturated rings. The summed E-state index contributed by atoms with van der Waals surface area (Å²) in [5.74, 6) is 0.0481. The number of alkyl halides is 9. The van der Waals surface area contributed by atoms with Crippen LogP contribution in [0.5, 0.6) is 0 Å². The van der Waals surface area contributed by atoms with Crippen molar-refractivity contribution in [3.63, 3.8) is 0 Å². The minimum atomic E-state index is -5.00. The number of halogens is 9. The molecule has 3 nitrogen and oxygen atoms in total. The molecule has 36 heavy (non-hydrogen) atoms. The van der Waals surface area contributed by atoms with E-state index < -0.39 is 41.8 Å². The third kappa shape index (κ3) is 7.34. The molecule has 0 aliphatic heterocycles. The molecule has 0 saturated heterocycles. The van der Waals surface area contributed by atoms with Crippen LogP contribution in [0.2, 0.25) is 0 Å². The lowest BCUT2D eigenvalue weighted by atomic mass is 9.88. The Morgan fingerprint density at radius 2 is 1.36 bits per heavy atom. The molecular weight excluding hydrogens is 501 g/mol. The summed E-state index contributed by atoms with van der Waals surface area (Å²) in [6.45, 7) is -0.534. The van der Waals surface area contributed by atoms with Crippen LogP contribution in [0.15, 0.2) is 30.5 Å². The summed E-state index contributed by atoms with van der Waals surface area (Å²) >= 11 is 0. The summed E-state index contributed by atoms with van der Waals surface area (Å²) < 4.78 is 119. The Hall–Kier alpha value is -2.34. The second-order valence-corrected chi connectivity index (χ2v) is 9.10. The van der Waals surface area contributed by atoms with Gasteiger partial charge in [-0.2, -0.15) is 39.5 Å². The summed E-state index contributed by atoms with van der Waals surface area (Å²) in [7, 11) is 0. The van der Waals surface area contributed by atoms with Gasteiger partial charge in [-0.05, 0) is 47.7 Å². The Balaban J connectivity index is 1.86. The van der Waals surface area contributed by atoms with E-state index in [9.17, 15) is 39.5 Å². The first kappa shape index (κ1) is 28.2. The van der Waals surface area contributed by atoms with E-state index in [-0.39, 0.29) is 36.2 Å². The second kappa shape index (κ2) is 11.0. The Kier molecular flexibility index (Phi) is 8.59. The normalized spacial score (nSPS) is 16.5. The molecule has 12 heteroatoms. The Labute approximate surface area is 202 Å². The number of rotatable bonds is 8. The van der Waals surface area contributed by atoms with Crippen molar-refractivity contribution in [2.24, 2.45) is 11.7 Å². The topological polar surface area (TPSA) is 50.9 Å². The second-order valence-electron chi connectivity index (χ2n) is 9.10. The van der Waals surface area contributed by atoms with Crippen molar-refractivity contribution < 1.29 is 39.5 Å². The van der Waals surface area contributed by atoms with Crippen molar-refractivity contribution >= 4 is 0 Å². The van der Waals surface area contributed by atoms with Crippen LogP contribution < -0.4 is 11.1 Å². The Morgan fingerprint density at radius 1 is 0.806 bits per heavy atom. The molecular formula is C24H26F9N3. The van der Waals surface area contributed by atoms with Gasteiger partial charge >= 0.3 is 18.5 Å². The van der Waals surface area contributed by atoms with Crippen LogP contribution in [0.4, 0.5) is 39.5 Å². The highest BCUT2D eigenvalue weighted by Crippen LogP contribution is 2.38. The molecule has 200 valence electrons. The molecule has 1 aromatic heterocycles. The fourth-order valence-corrected chi connectivity index (χ4v) is 4.62. The molecule has 1 atom stereocenters. The van der Waals surface area contributed by atoms with Crippen molar-refractivity contribution in [2.45, 2.75) is 69.6 Å². The fourth-order valence-electron chi connectivity index (χ4n) is 4.62. The van der Waals surface area contributed by atoms with Crippen LogP contribution in [0.1, 0.15) is 71.5 Å². The van der Waals surface area contributed by atoms with Crippen LogP contribution in [-0.2, 0) is 31.6 Å². The smallest absolute Gasteiger partial charge is 0.330 e. The average molecular weight is 527 g/mol. The van der Waals surface area contributed by atoms with Crippen LogP contribution in [0, 0.1) is 5.92 Å². The van der Waals surface area contributed by atoms with Crippen molar-refractivity contribution in [3.8, 4) is 0 Å². The summed E-state index contributed by atoms with van der Waals surface area (Å²) in [5, 5.41) is 2.68. The van der Waals surface area contributed by atoms with Gasteiger partial charge in [0.2, 0.25) is 0 Å². The monoisotopic (exact) mass is 527 g/mol. The van der Waals surface area contributed by atoms with E-state index in [1.165, 1.54) is 0 Å². The van der Waals surface area contributed by atoms with Crippen molar-refractivity contribution in [3.05, 3.63) is 64.0 Å². The van der Waals surface area contributed by atoms with E-state index in [0.29, 0.717) is 30.2 Å². The number of nitrogens with zero attached hydrogens (tertiary/aromatic N) is 1. The number of benzene rings is 1. The zero-order valence-electron chi connectivity index (χ0n) is 19.1. The quantitative estimate of drug-likeness (QED) is 0.362. The first-order valence-electron chi connectivity index (χ1n) is 11.4. The molecule has 1 aliphatic rings. The van der Waals surface area contributed by atoms with Gasteiger partial charge in [-0.1, -0.05) is 25.7 Å². The zero-order valence-corrected chi connectivity index (χ0v) is 19.1. The Bertz CT molecular complexity index is 991. The molecule has 0 spiro atoms. The lowest BCUT2D eigenvalue weighted by Crippen LogP contribution is -2.22. The third-order valence-electron chi connectivity index (χ3n) is 6.38. The highest BCUT2D eigenvalue weighted by molar-refractivity contribution is 5.34. The molecule has 0 amide bonds. The molecule has 1 aromatic carbocycles. The summed E-state index contributed by atoms with van der Waals surface area (Å²) in [6.07, 6.45) is -9.20. The lowest BCUT2D eigenvalue weighted by molar-refractivity contribution is -0.143. The number of hydrogen-bond acceptors (Lipinski definition) is 3. The minimum absolute atomic E-state index is 0.0210. The highest BCUT2D eigenvalue weighted by Gasteiger charge is 2.37. The van der Waals surface area contributed by atoms with Crippen LogP contribution in [0.25, 0.3) is 0 Å². The van der Waals surface area contributed by atoms with Gasteiger partial charge in [-0.3, -0.25) is 4.98 Å². The minimum Gasteiger partial charge on any atom is -0.330 e. The molecule has 1 aliphatic carbocycles. The van der Waals surface area contributed by atoms with Crippen LogP contribution in [0.3, 0.4) is 0 Å². The molecule has 2 aromatic rings. The number of aromatic nitrogens is 1. The van der Waals surface area contributed by atoms with Gasteiger partial charge in [0, 0.05) is 37.4 Å². The van der Waals surface area contributed by atoms with E-state index in [2.05, 4.69) is 10.3 Å². The molecule has 1 unspecified atom stereocenters. The highest BCUT2D eigenvalue weighted by atomic mass is 19.4. The molecule has 0 bridgehead atoms. The van der Waals surface area contributed by atoms with E-state index >= 15 is 0 Å². The Morgan fingerprint density at radius 3 is 1.86 bits per heavy atom. The summed E-state index contributed by atoms with van der Waals surface area (Å²) in [4.78, 5) is 4.04. The predicted molar refractivity (Wildman–Crippen MR) is 115 cm³/mol. The van der Waals surface area contributed by atoms with Gasteiger partial charge < -0.3 is 11.1 Å². The summed E-state index contributed by atoms with van der Waals surface area (Å²) in [6, 6.07) is 2.08. The van der Waals surface area contributed by atoms with E-state index in [0.717, 1.165) is 37.9 Å². The zero-order chi connectivity index (χ0) is 26.7.